The summed E-state index contributed by atoms with van der Waals surface area (Å²) in [4.78, 5) is 16.2. The van der Waals surface area contributed by atoms with Gasteiger partial charge < -0.3 is 4.57 Å². The van der Waals surface area contributed by atoms with Crippen molar-refractivity contribution in [1.29, 1.82) is 0 Å². The van der Waals surface area contributed by atoms with Crippen LogP contribution in [0, 0.1) is 17.8 Å². The van der Waals surface area contributed by atoms with Gasteiger partial charge in [0, 0.05) is 38.2 Å². The monoisotopic (exact) mass is 218 g/mol. The number of hydrogen-bond acceptors (Lipinski definition) is 2. The number of Topliss-reactive ketones (excluding diaryl/α,β-unsaturated/α-hetero) is 1. The number of carbonyl (C=O) groups is 1. The highest BCUT2D eigenvalue weighted by molar-refractivity contribution is 5.81. The van der Waals surface area contributed by atoms with Crippen molar-refractivity contribution in [3.63, 3.8) is 0 Å². The number of fused-ring (bicyclic) bond motifs is 1. The number of aryl methyl sites for hydroxylation is 2. The molecule has 2 aliphatic rings. The molecule has 0 spiro atoms. The number of aromatic nitrogens is 2. The topological polar surface area (TPSA) is 34.9 Å². The first-order valence-electron chi connectivity index (χ1n) is 6.23. The van der Waals surface area contributed by atoms with Crippen LogP contribution in [0.4, 0.5) is 0 Å². The van der Waals surface area contributed by atoms with E-state index in [4.69, 9.17) is 0 Å². The highest BCUT2D eigenvalue weighted by Crippen LogP contribution is 2.54. The molecular formula is C13H18N2O. The van der Waals surface area contributed by atoms with Gasteiger partial charge in [-0.3, -0.25) is 4.79 Å². The van der Waals surface area contributed by atoms with Gasteiger partial charge in [-0.2, -0.15) is 0 Å². The molecule has 3 heteroatoms. The fourth-order valence-corrected chi connectivity index (χ4v) is 3.05. The van der Waals surface area contributed by atoms with Gasteiger partial charge in [0.15, 0.2) is 0 Å². The minimum Gasteiger partial charge on any atom is -0.338 e. The van der Waals surface area contributed by atoms with Crippen molar-refractivity contribution in [2.45, 2.75) is 32.1 Å². The Balaban J connectivity index is 1.51. The first-order valence-corrected chi connectivity index (χ1v) is 6.23. The van der Waals surface area contributed by atoms with Crippen molar-refractivity contribution in [3.8, 4) is 0 Å². The van der Waals surface area contributed by atoms with E-state index in [1.54, 1.807) is 6.20 Å². The van der Waals surface area contributed by atoms with Crippen LogP contribution in [0.3, 0.4) is 0 Å². The molecule has 0 amide bonds. The summed E-state index contributed by atoms with van der Waals surface area (Å²) < 4.78 is 2.00. The number of rotatable bonds is 4. The Morgan fingerprint density at radius 1 is 1.44 bits per heavy atom. The van der Waals surface area contributed by atoms with Crippen LogP contribution in [0.2, 0.25) is 0 Å². The molecule has 2 aliphatic carbocycles. The summed E-state index contributed by atoms with van der Waals surface area (Å²) in [5.41, 5.74) is 0. The molecule has 0 aromatic carbocycles. The summed E-state index contributed by atoms with van der Waals surface area (Å²) in [6, 6.07) is 0. The van der Waals surface area contributed by atoms with Gasteiger partial charge in [0.05, 0.1) is 0 Å². The van der Waals surface area contributed by atoms with Crippen LogP contribution in [0.5, 0.6) is 0 Å². The number of ketones is 1. The second-order valence-electron chi connectivity index (χ2n) is 5.34. The molecule has 2 saturated carbocycles. The highest BCUT2D eigenvalue weighted by atomic mass is 16.1. The lowest BCUT2D eigenvalue weighted by Gasteiger charge is -2.09. The standard InChI is InChI=1S/C13H18N2O/c1-15-5-4-14-13(15)3-2-12(16)11-7-9-6-10(9)8-11/h4-5,9-11H,2-3,6-8H2,1H3. The van der Waals surface area contributed by atoms with Gasteiger partial charge in [0.1, 0.15) is 11.6 Å². The van der Waals surface area contributed by atoms with Crippen molar-refractivity contribution >= 4 is 5.78 Å². The van der Waals surface area contributed by atoms with E-state index >= 15 is 0 Å². The number of imidazole rings is 1. The molecule has 0 aliphatic heterocycles. The third kappa shape index (κ3) is 1.79. The van der Waals surface area contributed by atoms with Gasteiger partial charge >= 0.3 is 0 Å². The number of carbonyl (C=O) groups excluding carboxylic acids is 1. The van der Waals surface area contributed by atoms with E-state index < -0.39 is 0 Å². The average Bonchev–Trinajstić information content (AvgIpc) is 2.71. The lowest BCUT2D eigenvalue weighted by Crippen LogP contribution is -2.14. The van der Waals surface area contributed by atoms with Crippen LogP contribution in [-0.4, -0.2) is 15.3 Å². The SMILES string of the molecule is Cn1ccnc1CCC(=O)C1CC2CC2C1. The summed E-state index contributed by atoms with van der Waals surface area (Å²) in [7, 11) is 1.98. The van der Waals surface area contributed by atoms with E-state index in [9.17, 15) is 4.79 Å². The molecule has 2 fully saturated rings. The Kier molecular flexibility index (Phi) is 2.34. The third-order valence-electron chi connectivity index (χ3n) is 4.21. The second kappa shape index (κ2) is 3.72. The molecule has 1 heterocycles. The molecule has 0 N–H and O–H groups in total. The summed E-state index contributed by atoms with van der Waals surface area (Å²) in [5.74, 6) is 3.68. The summed E-state index contributed by atoms with van der Waals surface area (Å²) in [5, 5.41) is 0. The zero-order valence-corrected chi connectivity index (χ0v) is 9.72. The number of nitrogens with zero attached hydrogens (tertiary/aromatic N) is 2. The molecule has 0 radical (unpaired) electrons. The molecule has 16 heavy (non-hydrogen) atoms. The molecule has 86 valence electrons. The maximum Gasteiger partial charge on any atom is 0.136 e. The quantitative estimate of drug-likeness (QED) is 0.774. The summed E-state index contributed by atoms with van der Waals surface area (Å²) in [6.07, 6.45) is 8.94. The minimum atomic E-state index is 0.379. The maximum atomic E-state index is 12.0. The first-order chi connectivity index (χ1) is 7.74. The van der Waals surface area contributed by atoms with Crippen LogP contribution in [0.1, 0.15) is 31.5 Å². The van der Waals surface area contributed by atoms with Gasteiger partial charge in [-0.15, -0.1) is 0 Å². The van der Waals surface area contributed by atoms with Crippen LogP contribution in [0.15, 0.2) is 12.4 Å². The largest absolute Gasteiger partial charge is 0.338 e. The van der Waals surface area contributed by atoms with E-state index in [1.165, 1.54) is 19.3 Å². The molecule has 0 bridgehead atoms. The van der Waals surface area contributed by atoms with Crippen molar-refractivity contribution in [2.24, 2.45) is 24.8 Å². The zero-order chi connectivity index (χ0) is 11.1. The molecule has 1 aromatic rings. The zero-order valence-electron chi connectivity index (χ0n) is 9.72. The van der Waals surface area contributed by atoms with Crippen molar-refractivity contribution in [2.75, 3.05) is 0 Å². The van der Waals surface area contributed by atoms with E-state index in [2.05, 4.69) is 4.98 Å². The molecule has 2 atom stereocenters. The lowest BCUT2D eigenvalue weighted by atomic mass is 9.95. The fraction of sp³-hybridized carbons (Fsp3) is 0.692. The Bertz CT molecular complexity index is 400. The Morgan fingerprint density at radius 2 is 2.19 bits per heavy atom. The third-order valence-corrected chi connectivity index (χ3v) is 4.21. The second-order valence-corrected chi connectivity index (χ2v) is 5.34. The summed E-state index contributed by atoms with van der Waals surface area (Å²) in [6.45, 7) is 0. The van der Waals surface area contributed by atoms with Crippen molar-refractivity contribution < 1.29 is 4.79 Å². The minimum absolute atomic E-state index is 0.379. The van der Waals surface area contributed by atoms with E-state index in [-0.39, 0.29) is 0 Å². The van der Waals surface area contributed by atoms with Gasteiger partial charge in [0.2, 0.25) is 0 Å². The van der Waals surface area contributed by atoms with Gasteiger partial charge in [-0.25, -0.2) is 4.98 Å². The van der Waals surface area contributed by atoms with Crippen LogP contribution in [0.25, 0.3) is 0 Å². The van der Waals surface area contributed by atoms with Crippen molar-refractivity contribution in [3.05, 3.63) is 18.2 Å². The average molecular weight is 218 g/mol. The van der Waals surface area contributed by atoms with Crippen LogP contribution in [-0.2, 0) is 18.3 Å². The van der Waals surface area contributed by atoms with Gasteiger partial charge in [-0.05, 0) is 31.1 Å². The van der Waals surface area contributed by atoms with Gasteiger partial charge in [0.25, 0.3) is 0 Å². The molecule has 3 nitrogen and oxygen atoms in total. The fourth-order valence-electron chi connectivity index (χ4n) is 3.05. The predicted molar refractivity (Wildman–Crippen MR) is 60.9 cm³/mol. The Morgan fingerprint density at radius 3 is 2.81 bits per heavy atom. The lowest BCUT2D eigenvalue weighted by molar-refractivity contribution is -0.123. The Labute approximate surface area is 95.9 Å². The van der Waals surface area contributed by atoms with Gasteiger partial charge in [-0.1, -0.05) is 0 Å². The normalized spacial score (nSPS) is 31.4. The molecular weight excluding hydrogens is 200 g/mol. The maximum absolute atomic E-state index is 12.0. The summed E-state index contributed by atoms with van der Waals surface area (Å²) >= 11 is 0. The van der Waals surface area contributed by atoms with E-state index in [0.29, 0.717) is 18.1 Å². The van der Waals surface area contributed by atoms with Crippen molar-refractivity contribution in [1.82, 2.24) is 9.55 Å². The Hall–Kier alpha value is -1.12. The predicted octanol–water partition coefficient (Wildman–Crippen LogP) is 1.97. The van der Waals surface area contributed by atoms with Crippen LogP contribution < -0.4 is 0 Å². The highest BCUT2D eigenvalue weighted by Gasteiger charge is 2.47. The molecule has 3 rings (SSSR count). The smallest absolute Gasteiger partial charge is 0.136 e. The molecule has 1 aromatic heterocycles. The molecule has 0 saturated heterocycles. The molecule has 2 unspecified atom stereocenters. The van der Waals surface area contributed by atoms with E-state index in [1.807, 2.05) is 17.8 Å². The first kappa shape index (κ1) is 10.1. The van der Waals surface area contributed by atoms with E-state index in [0.717, 1.165) is 24.1 Å². The van der Waals surface area contributed by atoms with Crippen LogP contribution >= 0.6 is 0 Å². The number of hydrogen-bond donors (Lipinski definition) is 0.